The Balaban J connectivity index is 1.94. The number of nitrogens with two attached hydrogens (primary N) is 1. The number of carbonyl (C=O) groups excluding carboxylic acids is 1. The Morgan fingerprint density at radius 2 is 2.05 bits per heavy atom. The second-order valence-corrected chi connectivity index (χ2v) is 5.02. The monoisotopic (exact) mass is 286 g/mol. The van der Waals surface area contributed by atoms with Crippen molar-refractivity contribution in [2.24, 2.45) is 0 Å². The summed E-state index contributed by atoms with van der Waals surface area (Å²) in [6, 6.07) is 9.14. The first-order chi connectivity index (χ1) is 10.2. The van der Waals surface area contributed by atoms with E-state index in [1.807, 2.05) is 24.3 Å². The molecular weight excluding hydrogens is 264 g/mol. The van der Waals surface area contributed by atoms with Crippen LogP contribution in [0.2, 0.25) is 0 Å². The number of anilines is 1. The van der Waals surface area contributed by atoms with Crippen molar-refractivity contribution in [1.29, 1.82) is 0 Å². The van der Waals surface area contributed by atoms with Gasteiger partial charge in [-0.2, -0.15) is 5.10 Å². The van der Waals surface area contributed by atoms with Crippen LogP contribution < -0.4 is 11.1 Å². The van der Waals surface area contributed by atoms with Crippen molar-refractivity contribution in [3.63, 3.8) is 0 Å². The van der Waals surface area contributed by atoms with Gasteiger partial charge in [0.15, 0.2) is 5.69 Å². The highest BCUT2D eigenvalue weighted by atomic mass is 16.1. The fraction of sp³-hybridized carbons (Fsp3) is 0.375. The van der Waals surface area contributed by atoms with Gasteiger partial charge >= 0.3 is 0 Å². The second kappa shape index (κ2) is 7.47. The molecule has 0 radical (unpaired) electrons. The molecule has 5 heteroatoms. The van der Waals surface area contributed by atoms with E-state index in [4.69, 9.17) is 5.73 Å². The Morgan fingerprint density at radius 3 is 2.81 bits per heavy atom. The number of nitrogen functional groups attached to an aromatic ring is 1. The lowest BCUT2D eigenvalue weighted by molar-refractivity contribution is 0.0947. The fourth-order valence-corrected chi connectivity index (χ4v) is 2.12. The summed E-state index contributed by atoms with van der Waals surface area (Å²) < 4.78 is 1.63. The normalized spacial score (nSPS) is 10.5. The molecular formula is C16H22N4O. The number of hydrogen-bond acceptors (Lipinski definition) is 3. The first kappa shape index (κ1) is 15.1. The maximum atomic E-state index is 12.0. The van der Waals surface area contributed by atoms with E-state index in [0.29, 0.717) is 17.9 Å². The van der Waals surface area contributed by atoms with Crippen molar-refractivity contribution < 1.29 is 4.79 Å². The average molecular weight is 286 g/mol. The molecule has 1 heterocycles. The zero-order valence-corrected chi connectivity index (χ0v) is 12.4. The molecule has 0 unspecified atom stereocenters. The van der Waals surface area contributed by atoms with Gasteiger partial charge in [0, 0.05) is 12.7 Å². The molecule has 0 spiro atoms. The Morgan fingerprint density at radius 1 is 1.24 bits per heavy atom. The van der Waals surface area contributed by atoms with Gasteiger partial charge in [-0.15, -0.1) is 0 Å². The maximum Gasteiger partial charge on any atom is 0.271 e. The fourth-order valence-electron chi connectivity index (χ4n) is 2.12. The molecule has 2 rings (SSSR count). The summed E-state index contributed by atoms with van der Waals surface area (Å²) in [5, 5.41) is 7.17. The number of amides is 1. The molecule has 2 aromatic rings. The molecule has 0 fully saturated rings. The van der Waals surface area contributed by atoms with E-state index in [-0.39, 0.29) is 5.91 Å². The van der Waals surface area contributed by atoms with E-state index >= 15 is 0 Å². The van der Waals surface area contributed by atoms with Crippen molar-refractivity contribution >= 4 is 11.6 Å². The van der Waals surface area contributed by atoms with Crippen LogP contribution in [0.4, 0.5) is 5.69 Å². The average Bonchev–Trinajstić information content (AvgIpc) is 2.97. The van der Waals surface area contributed by atoms with Crippen molar-refractivity contribution in [2.45, 2.75) is 32.6 Å². The van der Waals surface area contributed by atoms with Gasteiger partial charge in [0.25, 0.3) is 5.91 Å². The van der Waals surface area contributed by atoms with Gasteiger partial charge in [-0.1, -0.05) is 38.3 Å². The lowest BCUT2D eigenvalue weighted by Gasteiger charge is -2.05. The van der Waals surface area contributed by atoms with Crippen LogP contribution in [-0.2, 0) is 0 Å². The third-order valence-corrected chi connectivity index (χ3v) is 3.32. The summed E-state index contributed by atoms with van der Waals surface area (Å²) in [5.74, 6) is -0.139. The lowest BCUT2D eigenvalue weighted by Crippen LogP contribution is -2.25. The molecule has 0 saturated carbocycles. The number of aromatic nitrogens is 2. The summed E-state index contributed by atoms with van der Waals surface area (Å²) in [6.45, 7) is 2.86. The van der Waals surface area contributed by atoms with Crippen molar-refractivity contribution in [3.8, 4) is 5.69 Å². The second-order valence-electron chi connectivity index (χ2n) is 5.02. The van der Waals surface area contributed by atoms with Crippen molar-refractivity contribution in [3.05, 3.63) is 42.2 Å². The molecule has 0 aliphatic rings. The Labute approximate surface area is 125 Å². The molecule has 1 aromatic heterocycles. The zero-order valence-electron chi connectivity index (χ0n) is 12.4. The number of nitrogens with one attached hydrogen (secondary N) is 1. The number of rotatable bonds is 7. The summed E-state index contributed by atoms with van der Waals surface area (Å²) >= 11 is 0. The number of hydrogen-bond donors (Lipinski definition) is 2. The maximum absolute atomic E-state index is 12.0. The Hall–Kier alpha value is -2.30. The smallest absolute Gasteiger partial charge is 0.271 e. The standard InChI is InChI=1S/C16H22N4O/c1-2-3-4-7-11-18-16(21)14-10-12-20(19-14)15-9-6-5-8-13(15)17/h5-6,8-10,12H,2-4,7,11,17H2,1H3,(H,18,21). The van der Waals surface area contributed by atoms with Crippen LogP contribution in [0.1, 0.15) is 43.1 Å². The molecule has 3 N–H and O–H groups in total. The van der Waals surface area contributed by atoms with Gasteiger partial charge < -0.3 is 11.1 Å². The van der Waals surface area contributed by atoms with Crippen LogP contribution in [0.5, 0.6) is 0 Å². The molecule has 0 atom stereocenters. The molecule has 21 heavy (non-hydrogen) atoms. The van der Waals surface area contributed by atoms with Crippen LogP contribution in [-0.4, -0.2) is 22.2 Å². The van der Waals surface area contributed by atoms with Crippen LogP contribution in [0.15, 0.2) is 36.5 Å². The van der Waals surface area contributed by atoms with Crippen LogP contribution in [0, 0.1) is 0 Å². The van der Waals surface area contributed by atoms with E-state index in [9.17, 15) is 4.79 Å². The molecule has 1 amide bonds. The third kappa shape index (κ3) is 4.08. The predicted molar refractivity (Wildman–Crippen MR) is 84.5 cm³/mol. The minimum absolute atomic E-state index is 0.139. The van der Waals surface area contributed by atoms with Crippen molar-refractivity contribution in [1.82, 2.24) is 15.1 Å². The van der Waals surface area contributed by atoms with Crippen LogP contribution in [0.3, 0.4) is 0 Å². The van der Waals surface area contributed by atoms with Gasteiger partial charge in [0.05, 0.1) is 11.4 Å². The third-order valence-electron chi connectivity index (χ3n) is 3.32. The summed E-state index contributed by atoms with van der Waals surface area (Å²) in [4.78, 5) is 12.0. The first-order valence-electron chi connectivity index (χ1n) is 7.41. The van der Waals surface area contributed by atoms with E-state index in [1.165, 1.54) is 12.8 Å². The number of nitrogens with zero attached hydrogens (tertiary/aromatic N) is 2. The summed E-state index contributed by atoms with van der Waals surface area (Å²) in [7, 11) is 0. The highest BCUT2D eigenvalue weighted by molar-refractivity contribution is 5.92. The number of para-hydroxylation sites is 2. The van der Waals surface area contributed by atoms with Gasteiger partial charge in [-0.25, -0.2) is 4.68 Å². The predicted octanol–water partition coefficient (Wildman–Crippen LogP) is 2.76. The minimum atomic E-state index is -0.139. The highest BCUT2D eigenvalue weighted by Crippen LogP contribution is 2.15. The highest BCUT2D eigenvalue weighted by Gasteiger charge is 2.10. The van der Waals surface area contributed by atoms with Gasteiger partial charge in [0.2, 0.25) is 0 Å². The largest absolute Gasteiger partial charge is 0.397 e. The SMILES string of the molecule is CCCCCCNC(=O)c1ccn(-c2ccccc2N)n1. The van der Waals surface area contributed by atoms with E-state index in [2.05, 4.69) is 17.3 Å². The Kier molecular flexibility index (Phi) is 5.37. The first-order valence-corrected chi connectivity index (χ1v) is 7.41. The Bertz CT molecular complexity index is 591. The lowest BCUT2D eigenvalue weighted by atomic mass is 10.2. The van der Waals surface area contributed by atoms with Crippen molar-refractivity contribution in [2.75, 3.05) is 12.3 Å². The number of unbranched alkanes of at least 4 members (excludes halogenated alkanes) is 3. The summed E-state index contributed by atoms with van der Waals surface area (Å²) in [5.41, 5.74) is 7.72. The molecule has 0 aliphatic heterocycles. The molecule has 5 nitrogen and oxygen atoms in total. The van der Waals surface area contributed by atoms with Crippen LogP contribution in [0.25, 0.3) is 5.69 Å². The van der Waals surface area contributed by atoms with E-state index in [0.717, 1.165) is 18.5 Å². The van der Waals surface area contributed by atoms with Gasteiger partial charge in [-0.05, 0) is 24.6 Å². The summed E-state index contributed by atoms with van der Waals surface area (Å²) in [6.07, 6.45) is 6.30. The van der Waals surface area contributed by atoms with E-state index in [1.54, 1.807) is 16.9 Å². The number of carbonyl (C=O) groups is 1. The topological polar surface area (TPSA) is 72.9 Å². The molecule has 0 saturated heterocycles. The molecule has 112 valence electrons. The number of benzene rings is 1. The van der Waals surface area contributed by atoms with Gasteiger partial charge in [0.1, 0.15) is 0 Å². The minimum Gasteiger partial charge on any atom is -0.397 e. The van der Waals surface area contributed by atoms with Crippen LogP contribution >= 0.6 is 0 Å². The zero-order chi connectivity index (χ0) is 15.1. The van der Waals surface area contributed by atoms with E-state index < -0.39 is 0 Å². The molecule has 1 aromatic carbocycles. The van der Waals surface area contributed by atoms with Gasteiger partial charge in [-0.3, -0.25) is 4.79 Å². The quantitative estimate of drug-likeness (QED) is 0.607. The molecule has 0 bridgehead atoms. The molecule has 0 aliphatic carbocycles.